The highest BCUT2D eigenvalue weighted by Crippen LogP contribution is 2.47. The number of halogens is 1. The summed E-state index contributed by atoms with van der Waals surface area (Å²) < 4.78 is 19.6. The second-order valence-electron chi connectivity index (χ2n) is 8.10. The SMILES string of the molecule is COc1ccc([C@@H]2CN(Cc3ncccc3F)[C@@H]3C4CCN(CC4)[C@@H]32)cc1. The minimum Gasteiger partial charge on any atom is -0.497 e. The number of aromatic nitrogens is 1. The van der Waals surface area contributed by atoms with Crippen molar-refractivity contribution in [2.24, 2.45) is 5.92 Å². The van der Waals surface area contributed by atoms with E-state index in [1.54, 1.807) is 19.4 Å². The predicted molar refractivity (Wildman–Crippen MR) is 102 cm³/mol. The van der Waals surface area contributed by atoms with Crippen molar-refractivity contribution >= 4 is 0 Å². The van der Waals surface area contributed by atoms with Crippen molar-refractivity contribution in [2.45, 2.75) is 37.4 Å². The van der Waals surface area contributed by atoms with E-state index in [0.29, 0.717) is 30.2 Å². The molecule has 4 aliphatic heterocycles. The van der Waals surface area contributed by atoms with Crippen LogP contribution >= 0.6 is 0 Å². The highest BCUT2D eigenvalue weighted by molar-refractivity contribution is 5.33. The van der Waals surface area contributed by atoms with E-state index >= 15 is 0 Å². The van der Waals surface area contributed by atoms with E-state index in [9.17, 15) is 4.39 Å². The molecule has 2 bridgehead atoms. The molecule has 5 heteroatoms. The van der Waals surface area contributed by atoms with Gasteiger partial charge in [0.2, 0.25) is 0 Å². The molecule has 1 aromatic carbocycles. The van der Waals surface area contributed by atoms with Crippen LogP contribution in [0.3, 0.4) is 0 Å². The highest BCUT2D eigenvalue weighted by atomic mass is 19.1. The predicted octanol–water partition coefficient (Wildman–Crippen LogP) is 3.29. The molecule has 2 aromatic rings. The fraction of sp³-hybridized carbons (Fsp3) is 0.500. The molecule has 3 atom stereocenters. The lowest BCUT2D eigenvalue weighted by atomic mass is 9.75. The molecule has 0 N–H and O–H groups in total. The molecule has 0 spiro atoms. The van der Waals surface area contributed by atoms with Gasteiger partial charge in [-0.2, -0.15) is 0 Å². The largest absolute Gasteiger partial charge is 0.497 e. The molecule has 1 aromatic heterocycles. The Kier molecular flexibility index (Phi) is 4.37. The number of rotatable bonds is 4. The third-order valence-electron chi connectivity index (χ3n) is 6.83. The van der Waals surface area contributed by atoms with Crippen LogP contribution in [-0.4, -0.2) is 53.6 Å². The van der Waals surface area contributed by atoms with Gasteiger partial charge in [-0.05, 0) is 61.7 Å². The first kappa shape index (κ1) is 17.1. The smallest absolute Gasteiger partial charge is 0.146 e. The number of ether oxygens (including phenoxy) is 1. The van der Waals surface area contributed by atoms with E-state index < -0.39 is 0 Å². The molecule has 4 aliphatic rings. The fourth-order valence-corrected chi connectivity index (χ4v) is 5.59. The molecule has 4 nitrogen and oxygen atoms in total. The van der Waals surface area contributed by atoms with Gasteiger partial charge in [-0.3, -0.25) is 14.8 Å². The summed E-state index contributed by atoms with van der Waals surface area (Å²) in [6.07, 6.45) is 4.22. The molecule has 4 saturated heterocycles. The number of methoxy groups -OCH3 is 1. The summed E-state index contributed by atoms with van der Waals surface area (Å²) in [5.74, 6) is 1.88. The van der Waals surface area contributed by atoms with Gasteiger partial charge >= 0.3 is 0 Å². The third kappa shape index (κ3) is 2.93. The topological polar surface area (TPSA) is 28.6 Å². The highest BCUT2D eigenvalue weighted by Gasteiger charge is 2.53. The molecular formula is C22H26FN3O. The number of hydrogen-bond donors (Lipinski definition) is 0. The number of hydrogen-bond acceptors (Lipinski definition) is 4. The van der Waals surface area contributed by atoms with E-state index in [0.717, 1.165) is 18.2 Å². The summed E-state index contributed by atoms with van der Waals surface area (Å²) in [6, 6.07) is 12.7. The maximum absolute atomic E-state index is 14.2. The van der Waals surface area contributed by atoms with Crippen molar-refractivity contribution in [2.75, 3.05) is 26.7 Å². The molecule has 27 heavy (non-hydrogen) atoms. The zero-order chi connectivity index (χ0) is 18.4. The molecule has 142 valence electrons. The number of benzene rings is 1. The molecule has 0 aliphatic carbocycles. The standard InChI is InChI=1S/C22H26FN3O/c1-27-17-6-4-15(5-7-17)18-13-26(14-20-19(23)3-2-10-24-20)21-16-8-11-25(12-9-16)22(18)21/h2-7,10,16,18,21-22H,8-9,11-14H2,1H3/t18-,21+,22+/m0/s1. The zero-order valence-corrected chi connectivity index (χ0v) is 15.7. The van der Waals surface area contributed by atoms with Gasteiger partial charge in [0.25, 0.3) is 0 Å². The molecule has 0 saturated carbocycles. The lowest BCUT2D eigenvalue weighted by Crippen LogP contribution is -2.60. The number of fused-ring (bicyclic) bond motifs is 2. The van der Waals surface area contributed by atoms with Crippen LogP contribution in [0.4, 0.5) is 4.39 Å². The number of pyridine rings is 1. The Labute approximate surface area is 160 Å². The van der Waals surface area contributed by atoms with Crippen molar-refractivity contribution < 1.29 is 9.13 Å². The van der Waals surface area contributed by atoms with Crippen LogP contribution in [0.15, 0.2) is 42.6 Å². The maximum Gasteiger partial charge on any atom is 0.146 e. The Balaban J connectivity index is 1.47. The van der Waals surface area contributed by atoms with E-state index in [2.05, 4.69) is 39.0 Å². The number of nitrogens with zero attached hydrogens (tertiary/aromatic N) is 3. The molecule has 0 amide bonds. The zero-order valence-electron chi connectivity index (χ0n) is 15.7. The van der Waals surface area contributed by atoms with Gasteiger partial charge in [0.05, 0.1) is 12.8 Å². The second-order valence-corrected chi connectivity index (χ2v) is 8.10. The van der Waals surface area contributed by atoms with Gasteiger partial charge < -0.3 is 4.74 Å². The monoisotopic (exact) mass is 367 g/mol. The molecule has 5 heterocycles. The quantitative estimate of drug-likeness (QED) is 0.829. The van der Waals surface area contributed by atoms with Crippen molar-refractivity contribution in [3.63, 3.8) is 0 Å². The van der Waals surface area contributed by atoms with Crippen molar-refractivity contribution in [3.8, 4) is 5.75 Å². The average molecular weight is 367 g/mol. The van der Waals surface area contributed by atoms with Crippen molar-refractivity contribution in [1.29, 1.82) is 0 Å². The Morgan fingerprint density at radius 3 is 2.59 bits per heavy atom. The fourth-order valence-electron chi connectivity index (χ4n) is 5.59. The third-order valence-corrected chi connectivity index (χ3v) is 6.83. The first-order chi connectivity index (χ1) is 13.2. The van der Waals surface area contributed by atoms with Crippen LogP contribution in [0, 0.1) is 11.7 Å². The minimum absolute atomic E-state index is 0.191. The molecular weight excluding hydrogens is 341 g/mol. The van der Waals surface area contributed by atoms with E-state index in [-0.39, 0.29) is 5.82 Å². The Bertz CT molecular complexity index is 803. The van der Waals surface area contributed by atoms with E-state index in [1.807, 2.05) is 0 Å². The van der Waals surface area contributed by atoms with Crippen LogP contribution < -0.4 is 4.74 Å². The summed E-state index contributed by atoms with van der Waals surface area (Å²) in [6.45, 7) is 3.96. The molecule has 4 fully saturated rings. The van der Waals surface area contributed by atoms with Gasteiger partial charge in [-0.1, -0.05) is 12.1 Å². The molecule has 0 radical (unpaired) electrons. The van der Waals surface area contributed by atoms with Crippen LogP contribution in [0.25, 0.3) is 0 Å². The maximum atomic E-state index is 14.2. The summed E-state index contributed by atoms with van der Waals surface area (Å²) in [7, 11) is 1.70. The van der Waals surface area contributed by atoms with Gasteiger partial charge in [-0.15, -0.1) is 0 Å². The first-order valence-corrected chi connectivity index (χ1v) is 9.96. The van der Waals surface area contributed by atoms with Crippen LogP contribution in [0.5, 0.6) is 5.75 Å². The summed E-state index contributed by atoms with van der Waals surface area (Å²) in [4.78, 5) is 9.49. The van der Waals surface area contributed by atoms with Gasteiger partial charge in [0.1, 0.15) is 11.6 Å². The molecule has 6 rings (SSSR count). The summed E-state index contributed by atoms with van der Waals surface area (Å²) in [5, 5.41) is 0. The first-order valence-electron chi connectivity index (χ1n) is 9.96. The minimum atomic E-state index is -0.191. The van der Waals surface area contributed by atoms with Gasteiger partial charge in [-0.25, -0.2) is 4.39 Å². The Morgan fingerprint density at radius 1 is 1.11 bits per heavy atom. The lowest BCUT2D eigenvalue weighted by molar-refractivity contribution is -0.00923. The average Bonchev–Trinajstić information content (AvgIpc) is 3.12. The van der Waals surface area contributed by atoms with Crippen LogP contribution in [0.2, 0.25) is 0 Å². The van der Waals surface area contributed by atoms with E-state index in [4.69, 9.17) is 4.74 Å². The van der Waals surface area contributed by atoms with Crippen LogP contribution in [0.1, 0.15) is 30.0 Å². The Morgan fingerprint density at radius 2 is 1.89 bits per heavy atom. The van der Waals surface area contributed by atoms with Gasteiger partial charge in [0, 0.05) is 37.3 Å². The van der Waals surface area contributed by atoms with Gasteiger partial charge in [0.15, 0.2) is 0 Å². The normalized spacial score (nSPS) is 32.4. The molecule has 0 unspecified atom stereocenters. The second kappa shape index (κ2) is 6.88. The van der Waals surface area contributed by atoms with Crippen molar-refractivity contribution in [1.82, 2.24) is 14.8 Å². The van der Waals surface area contributed by atoms with E-state index in [1.165, 1.54) is 37.6 Å². The lowest BCUT2D eigenvalue weighted by Gasteiger charge is -2.51. The number of likely N-dealkylation sites (tertiary alicyclic amines) is 1. The summed E-state index contributed by atoms with van der Waals surface area (Å²) in [5.41, 5.74) is 1.94. The Hall–Kier alpha value is -1.98. The van der Waals surface area contributed by atoms with Crippen LogP contribution in [-0.2, 0) is 6.54 Å². The summed E-state index contributed by atoms with van der Waals surface area (Å²) >= 11 is 0. The van der Waals surface area contributed by atoms with Crippen molar-refractivity contribution in [3.05, 3.63) is 59.7 Å². The number of piperidine rings is 3.